The topological polar surface area (TPSA) is 9.23 Å². The molecule has 0 saturated carbocycles. The molecular weight excluding hydrogens is 164 g/mol. The van der Waals surface area contributed by atoms with Crippen LogP contribution in [0.1, 0.15) is 18.4 Å². The van der Waals surface area contributed by atoms with Crippen molar-refractivity contribution in [2.45, 2.75) is 18.9 Å². The number of ether oxygens (including phenoxy) is 1. The molecule has 1 aliphatic rings. The van der Waals surface area contributed by atoms with E-state index in [2.05, 4.69) is 25.1 Å². The van der Waals surface area contributed by atoms with Gasteiger partial charge in [0.15, 0.2) is 0 Å². The first-order valence-corrected chi connectivity index (χ1v) is 6.19. The molecule has 0 bridgehead atoms. The molecule has 0 spiro atoms. The molecule has 12 heavy (non-hydrogen) atoms. The van der Waals surface area contributed by atoms with E-state index in [0.717, 1.165) is 11.7 Å². The summed E-state index contributed by atoms with van der Waals surface area (Å²) in [6, 6.07) is 7.97. The highest BCUT2D eigenvalue weighted by atomic mass is 28.2. The predicted octanol–water partition coefficient (Wildman–Crippen LogP) is 1.02. The number of methoxy groups -OCH3 is 1. The lowest BCUT2D eigenvalue weighted by Crippen LogP contribution is -2.10. The van der Waals surface area contributed by atoms with E-state index in [1.165, 1.54) is 6.04 Å². The van der Waals surface area contributed by atoms with E-state index in [9.17, 15) is 0 Å². The van der Waals surface area contributed by atoms with Gasteiger partial charge >= 0.3 is 0 Å². The number of benzene rings is 1. The van der Waals surface area contributed by atoms with Crippen molar-refractivity contribution in [3.63, 3.8) is 0 Å². The highest BCUT2D eigenvalue weighted by Gasteiger charge is 2.18. The Kier molecular flexibility index (Phi) is 1.93. The van der Waals surface area contributed by atoms with Crippen LogP contribution in [0.25, 0.3) is 0 Å². The molecule has 1 nitrogen and oxygen atoms in total. The molecule has 2 heteroatoms. The molecule has 2 rings (SSSR count). The van der Waals surface area contributed by atoms with Crippen molar-refractivity contribution in [1.29, 1.82) is 0 Å². The lowest BCUT2D eigenvalue weighted by Gasteiger charge is -2.05. The average molecular weight is 178 g/mol. The zero-order chi connectivity index (χ0) is 8.55. The fourth-order valence-electron chi connectivity index (χ4n) is 1.93. The summed E-state index contributed by atoms with van der Waals surface area (Å²) in [6.45, 7) is 2.32. The van der Waals surface area contributed by atoms with Gasteiger partial charge in [-0.15, -0.1) is 0 Å². The molecule has 1 aliphatic heterocycles. The lowest BCUT2D eigenvalue weighted by atomic mass is 10.0. The van der Waals surface area contributed by atoms with Gasteiger partial charge in [0.05, 0.1) is 16.6 Å². The largest absolute Gasteiger partial charge is 0.497 e. The van der Waals surface area contributed by atoms with Crippen LogP contribution in [0.15, 0.2) is 18.2 Å². The van der Waals surface area contributed by atoms with E-state index in [1.807, 2.05) is 0 Å². The molecule has 0 amide bonds. The van der Waals surface area contributed by atoms with Gasteiger partial charge in [0.2, 0.25) is 0 Å². The van der Waals surface area contributed by atoms with E-state index in [0.29, 0.717) is 0 Å². The van der Waals surface area contributed by atoms with Crippen molar-refractivity contribution in [2.24, 2.45) is 0 Å². The Bertz CT molecular complexity index is 296. The van der Waals surface area contributed by atoms with E-state index in [4.69, 9.17) is 4.74 Å². The summed E-state index contributed by atoms with van der Waals surface area (Å²) in [5.74, 6) is 1.83. The van der Waals surface area contributed by atoms with Crippen molar-refractivity contribution >= 4 is 14.7 Å². The van der Waals surface area contributed by atoms with E-state index in [1.54, 1.807) is 17.9 Å². The molecule has 0 aromatic heterocycles. The number of hydrogen-bond acceptors (Lipinski definition) is 1. The summed E-state index contributed by atoms with van der Waals surface area (Å²) in [6.07, 6.45) is 0. The van der Waals surface area contributed by atoms with Gasteiger partial charge < -0.3 is 4.74 Å². The molecule has 0 aliphatic carbocycles. The van der Waals surface area contributed by atoms with Crippen molar-refractivity contribution in [1.82, 2.24) is 0 Å². The second-order valence-electron chi connectivity index (χ2n) is 3.50. The molecule has 0 fully saturated rings. The molecule has 1 aromatic carbocycles. The first-order valence-electron chi connectivity index (χ1n) is 4.48. The van der Waals surface area contributed by atoms with Crippen molar-refractivity contribution in [3.8, 4) is 5.75 Å². The predicted molar refractivity (Wildman–Crippen MR) is 54.4 cm³/mol. The normalized spacial score (nSPS) is 22.7. The van der Waals surface area contributed by atoms with Gasteiger partial charge in [-0.1, -0.05) is 24.2 Å². The van der Waals surface area contributed by atoms with Gasteiger partial charge in [0.25, 0.3) is 0 Å². The quantitative estimate of drug-likeness (QED) is 0.584. The van der Waals surface area contributed by atoms with Gasteiger partial charge in [0.1, 0.15) is 5.75 Å². The highest BCUT2D eigenvalue weighted by Crippen LogP contribution is 2.25. The SMILES string of the molecule is COc1ccc2c(c1)[SiH2]CC2C. The minimum Gasteiger partial charge on any atom is -0.497 e. The van der Waals surface area contributed by atoms with Crippen molar-refractivity contribution in [3.05, 3.63) is 23.8 Å². The van der Waals surface area contributed by atoms with Crippen LogP contribution < -0.4 is 9.92 Å². The standard InChI is InChI=1S/C10H14OSi/c1-7-6-12-10-5-8(11-2)3-4-9(7)10/h3-5,7H,6,12H2,1-2H3. The Labute approximate surface area is 75.6 Å². The Balaban J connectivity index is 2.41. The Hall–Kier alpha value is -0.763. The van der Waals surface area contributed by atoms with Crippen molar-refractivity contribution in [2.75, 3.05) is 7.11 Å². The fraction of sp³-hybridized carbons (Fsp3) is 0.400. The van der Waals surface area contributed by atoms with E-state index >= 15 is 0 Å². The van der Waals surface area contributed by atoms with Crippen LogP contribution in [0, 0.1) is 0 Å². The molecule has 0 N–H and O–H groups in total. The molecule has 1 atom stereocenters. The number of hydrogen-bond donors (Lipinski definition) is 0. The Morgan fingerprint density at radius 1 is 1.50 bits per heavy atom. The molecule has 1 aromatic rings. The van der Waals surface area contributed by atoms with Crippen molar-refractivity contribution < 1.29 is 4.74 Å². The van der Waals surface area contributed by atoms with Crippen LogP contribution in [0.3, 0.4) is 0 Å². The van der Waals surface area contributed by atoms with Gasteiger partial charge in [-0.05, 0) is 23.6 Å². The fourth-order valence-corrected chi connectivity index (χ4v) is 4.09. The maximum absolute atomic E-state index is 5.20. The molecule has 0 saturated heterocycles. The zero-order valence-corrected chi connectivity index (χ0v) is 9.05. The van der Waals surface area contributed by atoms with Gasteiger partial charge in [0, 0.05) is 0 Å². The minimum atomic E-state index is 0.0334. The summed E-state index contributed by atoms with van der Waals surface area (Å²) >= 11 is 0. The third-order valence-corrected chi connectivity index (χ3v) is 5.03. The van der Waals surface area contributed by atoms with Gasteiger partial charge in [-0.3, -0.25) is 0 Å². The molecule has 0 radical (unpaired) electrons. The molecule has 1 unspecified atom stereocenters. The summed E-state index contributed by atoms with van der Waals surface area (Å²) < 4.78 is 5.20. The zero-order valence-electron chi connectivity index (χ0n) is 7.63. The summed E-state index contributed by atoms with van der Waals surface area (Å²) in [4.78, 5) is 0. The maximum atomic E-state index is 5.20. The Morgan fingerprint density at radius 3 is 3.08 bits per heavy atom. The summed E-state index contributed by atoms with van der Waals surface area (Å²) in [5.41, 5.74) is 1.57. The van der Waals surface area contributed by atoms with Gasteiger partial charge in [-0.25, -0.2) is 0 Å². The lowest BCUT2D eigenvalue weighted by molar-refractivity contribution is 0.415. The van der Waals surface area contributed by atoms with Crippen LogP contribution in [0.4, 0.5) is 0 Å². The second kappa shape index (κ2) is 2.94. The van der Waals surface area contributed by atoms with E-state index < -0.39 is 0 Å². The first-order chi connectivity index (χ1) is 5.81. The van der Waals surface area contributed by atoms with Crippen LogP contribution in [-0.4, -0.2) is 16.6 Å². The first kappa shape index (κ1) is 7.86. The average Bonchev–Trinajstić information content (AvgIpc) is 2.47. The molecular formula is C10H14OSi. The van der Waals surface area contributed by atoms with Gasteiger partial charge in [-0.2, -0.15) is 0 Å². The maximum Gasteiger partial charge on any atom is 0.118 e. The smallest absolute Gasteiger partial charge is 0.118 e. The van der Waals surface area contributed by atoms with E-state index in [-0.39, 0.29) is 9.52 Å². The monoisotopic (exact) mass is 178 g/mol. The molecule has 64 valence electrons. The number of rotatable bonds is 1. The van der Waals surface area contributed by atoms with Crippen LogP contribution in [-0.2, 0) is 0 Å². The van der Waals surface area contributed by atoms with Crippen LogP contribution in [0.2, 0.25) is 6.04 Å². The third kappa shape index (κ3) is 1.16. The summed E-state index contributed by atoms with van der Waals surface area (Å²) in [5, 5.41) is 1.61. The molecule has 1 heterocycles. The second-order valence-corrected chi connectivity index (χ2v) is 5.34. The highest BCUT2D eigenvalue weighted by molar-refractivity contribution is 6.56. The number of fused-ring (bicyclic) bond motifs is 1. The van der Waals surface area contributed by atoms with Crippen LogP contribution >= 0.6 is 0 Å². The Morgan fingerprint density at radius 2 is 2.33 bits per heavy atom. The minimum absolute atomic E-state index is 0.0334. The third-order valence-electron chi connectivity index (χ3n) is 2.73. The summed E-state index contributed by atoms with van der Waals surface area (Å²) in [7, 11) is 1.77. The van der Waals surface area contributed by atoms with Crippen LogP contribution in [0.5, 0.6) is 5.75 Å².